The molecule has 0 spiro atoms. The maximum absolute atomic E-state index is 12.7. The first-order chi connectivity index (χ1) is 12.7. The van der Waals surface area contributed by atoms with Gasteiger partial charge in [-0.15, -0.1) is 0 Å². The summed E-state index contributed by atoms with van der Waals surface area (Å²) in [7, 11) is -2.19. The first-order valence-corrected chi connectivity index (χ1v) is 10.3. The van der Waals surface area contributed by atoms with Crippen LogP contribution in [0.2, 0.25) is 0 Å². The maximum atomic E-state index is 12.7. The van der Waals surface area contributed by atoms with Gasteiger partial charge in [-0.2, -0.15) is 4.98 Å². The molecular formula is C18H25N3O5S. The number of ether oxygens (including phenoxy) is 2. The number of hydrogen-bond acceptors (Lipinski definition) is 7. The van der Waals surface area contributed by atoms with Gasteiger partial charge in [0.1, 0.15) is 5.75 Å². The van der Waals surface area contributed by atoms with Crippen LogP contribution in [-0.4, -0.2) is 44.9 Å². The zero-order chi connectivity index (χ0) is 19.7. The van der Waals surface area contributed by atoms with E-state index in [1.807, 2.05) is 20.8 Å². The number of sulfonamides is 1. The van der Waals surface area contributed by atoms with Crippen molar-refractivity contribution in [3.63, 3.8) is 0 Å². The van der Waals surface area contributed by atoms with E-state index in [9.17, 15) is 8.42 Å². The van der Waals surface area contributed by atoms with Crippen molar-refractivity contribution in [2.45, 2.75) is 50.0 Å². The normalized spacial score (nSPS) is 18.0. The lowest BCUT2D eigenvalue weighted by Gasteiger charge is -2.13. The van der Waals surface area contributed by atoms with Gasteiger partial charge in [0.15, 0.2) is 0 Å². The second-order valence-corrected chi connectivity index (χ2v) is 9.29. The third kappa shape index (κ3) is 4.48. The molecule has 8 nitrogen and oxygen atoms in total. The Kier molecular flexibility index (Phi) is 5.55. The maximum Gasteiger partial charge on any atom is 0.240 e. The summed E-state index contributed by atoms with van der Waals surface area (Å²) < 4.78 is 44.1. The summed E-state index contributed by atoms with van der Waals surface area (Å²) in [5, 5.41) is 3.99. The standard InChI is InChI=1S/C18H25N3O5S/c1-18(2,3)17-20-16(21-26-17)14-10-13(7-8-15(14)24-4)27(22,23)19-11-12-6-5-9-25-12/h7-8,10,12,19H,5-6,9,11H2,1-4H3/t12-/m1/s1. The molecule has 0 amide bonds. The van der Waals surface area contributed by atoms with E-state index in [0.717, 1.165) is 12.8 Å². The first-order valence-electron chi connectivity index (χ1n) is 8.84. The number of rotatable bonds is 6. The highest BCUT2D eigenvalue weighted by Gasteiger charge is 2.25. The van der Waals surface area contributed by atoms with Gasteiger partial charge in [-0.1, -0.05) is 25.9 Å². The molecule has 0 bridgehead atoms. The summed E-state index contributed by atoms with van der Waals surface area (Å²) >= 11 is 0. The molecule has 27 heavy (non-hydrogen) atoms. The van der Waals surface area contributed by atoms with Crippen molar-refractivity contribution in [1.29, 1.82) is 0 Å². The van der Waals surface area contributed by atoms with Crippen LogP contribution in [0.5, 0.6) is 5.75 Å². The van der Waals surface area contributed by atoms with Crippen molar-refractivity contribution in [2.24, 2.45) is 0 Å². The van der Waals surface area contributed by atoms with Gasteiger partial charge in [0.05, 0.1) is 23.7 Å². The number of nitrogens with zero attached hydrogens (tertiary/aromatic N) is 2. The Morgan fingerprint density at radius 2 is 2.11 bits per heavy atom. The van der Waals surface area contributed by atoms with Crippen LogP contribution in [0.15, 0.2) is 27.6 Å². The molecule has 0 unspecified atom stereocenters. The van der Waals surface area contributed by atoms with Crippen molar-refractivity contribution in [3.8, 4) is 17.1 Å². The largest absolute Gasteiger partial charge is 0.496 e. The Labute approximate surface area is 159 Å². The van der Waals surface area contributed by atoms with E-state index >= 15 is 0 Å². The lowest BCUT2D eigenvalue weighted by Crippen LogP contribution is -2.31. The van der Waals surface area contributed by atoms with E-state index in [-0.39, 0.29) is 28.8 Å². The molecule has 1 aliphatic rings. The Morgan fingerprint density at radius 1 is 1.33 bits per heavy atom. The van der Waals surface area contributed by atoms with Gasteiger partial charge >= 0.3 is 0 Å². The zero-order valence-corrected chi connectivity index (χ0v) is 16.8. The monoisotopic (exact) mass is 395 g/mol. The second kappa shape index (κ2) is 7.57. The van der Waals surface area contributed by atoms with Crippen LogP contribution in [0.25, 0.3) is 11.4 Å². The van der Waals surface area contributed by atoms with E-state index in [0.29, 0.717) is 23.8 Å². The van der Waals surface area contributed by atoms with Crippen LogP contribution in [0.4, 0.5) is 0 Å². The predicted molar refractivity (Wildman–Crippen MR) is 99.1 cm³/mol. The summed E-state index contributed by atoms with van der Waals surface area (Å²) in [6.45, 7) is 6.79. The van der Waals surface area contributed by atoms with Gasteiger partial charge in [-0.25, -0.2) is 13.1 Å². The van der Waals surface area contributed by atoms with Crippen LogP contribution < -0.4 is 9.46 Å². The van der Waals surface area contributed by atoms with Gasteiger partial charge in [0, 0.05) is 18.6 Å². The summed E-state index contributed by atoms with van der Waals surface area (Å²) in [4.78, 5) is 4.51. The molecule has 2 heterocycles. The van der Waals surface area contributed by atoms with Crippen molar-refractivity contribution in [1.82, 2.24) is 14.9 Å². The van der Waals surface area contributed by atoms with Crippen molar-refractivity contribution < 1.29 is 22.4 Å². The highest BCUT2D eigenvalue weighted by molar-refractivity contribution is 7.89. The molecule has 9 heteroatoms. The first kappa shape index (κ1) is 19.8. The molecule has 3 rings (SSSR count). The minimum Gasteiger partial charge on any atom is -0.496 e. The predicted octanol–water partition coefficient (Wildman–Crippen LogP) is 2.50. The number of nitrogens with one attached hydrogen (secondary N) is 1. The summed E-state index contributed by atoms with van der Waals surface area (Å²) in [6, 6.07) is 4.57. The summed E-state index contributed by atoms with van der Waals surface area (Å²) in [5.74, 6) is 1.21. The third-order valence-electron chi connectivity index (χ3n) is 4.31. The summed E-state index contributed by atoms with van der Waals surface area (Å²) in [6.07, 6.45) is 1.73. The highest BCUT2D eigenvalue weighted by atomic mass is 32.2. The quantitative estimate of drug-likeness (QED) is 0.801. The van der Waals surface area contributed by atoms with Crippen molar-refractivity contribution >= 4 is 10.0 Å². The minimum atomic E-state index is -3.70. The lowest BCUT2D eigenvalue weighted by molar-refractivity contribution is 0.114. The van der Waals surface area contributed by atoms with Crippen LogP contribution in [0.1, 0.15) is 39.5 Å². The van der Waals surface area contributed by atoms with E-state index in [1.54, 1.807) is 6.07 Å². The van der Waals surface area contributed by atoms with Crippen molar-refractivity contribution in [3.05, 3.63) is 24.1 Å². The van der Waals surface area contributed by atoms with E-state index in [4.69, 9.17) is 14.0 Å². The van der Waals surface area contributed by atoms with Gasteiger partial charge in [0.2, 0.25) is 21.7 Å². The Hall–Kier alpha value is -1.97. The number of aromatic nitrogens is 2. The minimum absolute atomic E-state index is 0.0796. The smallest absolute Gasteiger partial charge is 0.240 e. The molecule has 2 aromatic rings. The van der Waals surface area contributed by atoms with Crippen molar-refractivity contribution in [2.75, 3.05) is 20.3 Å². The molecule has 1 aromatic heterocycles. The molecule has 1 fully saturated rings. The molecular weight excluding hydrogens is 370 g/mol. The lowest BCUT2D eigenvalue weighted by atomic mass is 9.97. The average molecular weight is 395 g/mol. The molecule has 1 aliphatic heterocycles. The average Bonchev–Trinajstić information content (AvgIpc) is 3.30. The molecule has 1 N–H and O–H groups in total. The molecule has 1 atom stereocenters. The number of hydrogen-bond donors (Lipinski definition) is 1. The Morgan fingerprint density at radius 3 is 2.70 bits per heavy atom. The molecule has 0 aliphatic carbocycles. The van der Waals surface area contributed by atoms with Crippen LogP contribution >= 0.6 is 0 Å². The molecule has 1 aromatic carbocycles. The third-order valence-corrected chi connectivity index (χ3v) is 5.74. The molecule has 0 radical (unpaired) electrons. The second-order valence-electron chi connectivity index (χ2n) is 7.52. The van der Waals surface area contributed by atoms with Crippen LogP contribution in [0, 0.1) is 0 Å². The highest BCUT2D eigenvalue weighted by Crippen LogP contribution is 2.32. The SMILES string of the molecule is COc1ccc(S(=O)(=O)NC[C@H]2CCCO2)cc1-c1noc(C(C)(C)C)n1. The van der Waals surface area contributed by atoms with Crippen LogP contribution in [-0.2, 0) is 20.2 Å². The van der Waals surface area contributed by atoms with Gasteiger partial charge in [0.25, 0.3) is 0 Å². The fraction of sp³-hybridized carbons (Fsp3) is 0.556. The molecule has 1 saturated heterocycles. The fourth-order valence-electron chi connectivity index (χ4n) is 2.76. The number of methoxy groups -OCH3 is 1. The Balaban J connectivity index is 1.89. The van der Waals surface area contributed by atoms with Crippen LogP contribution in [0.3, 0.4) is 0 Å². The van der Waals surface area contributed by atoms with Gasteiger partial charge in [-0.05, 0) is 31.0 Å². The topological polar surface area (TPSA) is 104 Å². The van der Waals surface area contributed by atoms with E-state index in [1.165, 1.54) is 19.2 Å². The van der Waals surface area contributed by atoms with Gasteiger partial charge < -0.3 is 14.0 Å². The molecule has 0 saturated carbocycles. The summed E-state index contributed by atoms with van der Waals surface area (Å²) in [5.41, 5.74) is 0.141. The Bertz CT molecular complexity index is 896. The zero-order valence-electron chi connectivity index (χ0n) is 16.0. The number of benzene rings is 1. The molecule has 148 valence electrons. The van der Waals surface area contributed by atoms with Gasteiger partial charge in [-0.3, -0.25) is 0 Å². The fourth-order valence-corrected chi connectivity index (χ4v) is 3.85. The van der Waals surface area contributed by atoms with E-state index < -0.39 is 10.0 Å². The van der Waals surface area contributed by atoms with E-state index in [2.05, 4.69) is 14.9 Å².